The molecular weight excluding hydrogens is 372 g/mol. The number of aliphatic hydroxyl groups is 3. The Morgan fingerprint density at radius 2 is 1.83 bits per heavy atom. The Morgan fingerprint density at radius 1 is 1.17 bits per heavy atom. The molecule has 30 heavy (non-hydrogen) atoms. The van der Waals surface area contributed by atoms with Crippen LogP contribution in [-0.2, 0) is 0 Å². The minimum Gasteiger partial charge on any atom is -0.390 e. The van der Waals surface area contributed by atoms with Gasteiger partial charge in [0.2, 0.25) is 0 Å². The topological polar surface area (TPSA) is 60.7 Å². The quantitative estimate of drug-likeness (QED) is 0.486. The van der Waals surface area contributed by atoms with Crippen LogP contribution in [0.2, 0.25) is 0 Å². The highest BCUT2D eigenvalue weighted by Crippen LogP contribution is 2.60. The molecule has 0 spiro atoms. The van der Waals surface area contributed by atoms with Gasteiger partial charge in [0.1, 0.15) is 0 Å². The molecule has 3 aliphatic rings. The summed E-state index contributed by atoms with van der Waals surface area (Å²) < 4.78 is 0. The minimum absolute atomic E-state index is 0.386. The second-order valence-corrected chi connectivity index (χ2v) is 11.4. The summed E-state index contributed by atoms with van der Waals surface area (Å²) in [5.74, 6) is 2.13. The lowest BCUT2D eigenvalue weighted by molar-refractivity contribution is 0.0596. The fraction of sp³-hybridized carbons (Fsp3) is 0.778. The van der Waals surface area contributed by atoms with Crippen molar-refractivity contribution in [1.29, 1.82) is 0 Å². The number of rotatable bonds is 6. The van der Waals surface area contributed by atoms with E-state index in [0.29, 0.717) is 35.7 Å². The van der Waals surface area contributed by atoms with Crippen LogP contribution in [0.1, 0.15) is 91.9 Å². The zero-order valence-electron chi connectivity index (χ0n) is 19.7. The van der Waals surface area contributed by atoms with Crippen molar-refractivity contribution in [2.75, 3.05) is 0 Å². The van der Waals surface area contributed by atoms with Gasteiger partial charge in [-0.3, -0.25) is 0 Å². The van der Waals surface area contributed by atoms with Gasteiger partial charge < -0.3 is 15.3 Å². The van der Waals surface area contributed by atoms with E-state index in [2.05, 4.69) is 32.6 Å². The standard InChI is InChI=1S/C27H44O3/c1-18(8-6-14-26(3,4)30)22-12-13-23-21(9-7-15-27(22,23)5)11-10-20-16-24(28)19(2)25(29)17-20/h10-11,18,22-25,28-30H,2,6-9,12-17H2,1,3-5H3/b20-10-,21-11+/t18-,22+,23?,24+,25?,27+/m0/s1. The van der Waals surface area contributed by atoms with Crippen LogP contribution in [0, 0.1) is 23.2 Å². The van der Waals surface area contributed by atoms with E-state index >= 15 is 0 Å². The first-order valence-electron chi connectivity index (χ1n) is 12.2. The van der Waals surface area contributed by atoms with E-state index in [4.69, 9.17) is 0 Å². The van der Waals surface area contributed by atoms with E-state index < -0.39 is 17.8 Å². The average Bonchev–Trinajstić information content (AvgIpc) is 3.00. The Kier molecular flexibility index (Phi) is 7.37. The van der Waals surface area contributed by atoms with E-state index in [-0.39, 0.29) is 0 Å². The summed E-state index contributed by atoms with van der Waals surface area (Å²) in [7, 11) is 0. The van der Waals surface area contributed by atoms with Crippen LogP contribution in [0.15, 0.2) is 35.5 Å². The number of hydrogen-bond acceptors (Lipinski definition) is 3. The van der Waals surface area contributed by atoms with Gasteiger partial charge in [-0.15, -0.1) is 0 Å². The van der Waals surface area contributed by atoms with Crippen LogP contribution < -0.4 is 0 Å². The van der Waals surface area contributed by atoms with Gasteiger partial charge >= 0.3 is 0 Å². The van der Waals surface area contributed by atoms with Gasteiger partial charge in [-0.25, -0.2) is 0 Å². The number of fused-ring (bicyclic) bond motifs is 1. The highest BCUT2D eigenvalue weighted by atomic mass is 16.3. The second-order valence-electron chi connectivity index (χ2n) is 11.4. The first kappa shape index (κ1) is 23.8. The van der Waals surface area contributed by atoms with Gasteiger partial charge in [0.25, 0.3) is 0 Å². The summed E-state index contributed by atoms with van der Waals surface area (Å²) in [6.07, 6.45) is 14.0. The van der Waals surface area contributed by atoms with Gasteiger partial charge in [-0.05, 0) is 94.0 Å². The molecule has 3 heteroatoms. The summed E-state index contributed by atoms with van der Waals surface area (Å²) in [4.78, 5) is 0. The smallest absolute Gasteiger partial charge is 0.0809 e. The molecule has 0 aliphatic heterocycles. The Balaban J connectivity index is 1.67. The molecule has 0 bridgehead atoms. The molecule has 0 saturated heterocycles. The van der Waals surface area contributed by atoms with Crippen molar-refractivity contribution in [2.45, 2.75) is 110 Å². The van der Waals surface area contributed by atoms with E-state index in [0.717, 1.165) is 24.3 Å². The fourth-order valence-corrected chi connectivity index (χ4v) is 6.70. The number of hydrogen-bond donors (Lipinski definition) is 3. The fourth-order valence-electron chi connectivity index (χ4n) is 6.70. The summed E-state index contributed by atoms with van der Waals surface area (Å²) in [6, 6.07) is 0. The molecule has 6 atom stereocenters. The monoisotopic (exact) mass is 416 g/mol. The van der Waals surface area contributed by atoms with Crippen LogP contribution in [0.5, 0.6) is 0 Å². The van der Waals surface area contributed by atoms with Gasteiger partial charge in [-0.2, -0.15) is 0 Å². The number of aliphatic hydroxyl groups excluding tert-OH is 2. The minimum atomic E-state index is -0.615. The van der Waals surface area contributed by atoms with Crippen molar-refractivity contribution in [3.8, 4) is 0 Å². The molecule has 3 aliphatic carbocycles. The highest BCUT2D eigenvalue weighted by molar-refractivity contribution is 5.29. The lowest BCUT2D eigenvalue weighted by Crippen LogP contribution is -2.36. The lowest BCUT2D eigenvalue weighted by Gasteiger charge is -2.44. The Morgan fingerprint density at radius 3 is 2.47 bits per heavy atom. The molecule has 0 aromatic heterocycles. The zero-order chi connectivity index (χ0) is 22.1. The third-order valence-corrected chi connectivity index (χ3v) is 8.47. The first-order valence-corrected chi connectivity index (χ1v) is 12.2. The molecule has 170 valence electrons. The average molecular weight is 417 g/mol. The summed E-state index contributed by atoms with van der Waals surface area (Å²) in [5.41, 5.74) is 3.11. The molecular formula is C27H44O3. The molecule has 0 amide bonds. The summed E-state index contributed by atoms with van der Waals surface area (Å²) in [5, 5.41) is 30.3. The van der Waals surface area contributed by atoms with Crippen molar-refractivity contribution in [2.24, 2.45) is 23.2 Å². The molecule has 0 radical (unpaired) electrons. The van der Waals surface area contributed by atoms with E-state index in [1.165, 1.54) is 38.5 Å². The largest absolute Gasteiger partial charge is 0.390 e. The van der Waals surface area contributed by atoms with Crippen LogP contribution in [0.4, 0.5) is 0 Å². The van der Waals surface area contributed by atoms with Gasteiger partial charge in [0.05, 0.1) is 17.8 Å². The molecule has 0 aromatic rings. The van der Waals surface area contributed by atoms with Crippen LogP contribution in [0.3, 0.4) is 0 Å². The van der Waals surface area contributed by atoms with Crippen LogP contribution in [0.25, 0.3) is 0 Å². The molecule has 0 heterocycles. The molecule has 3 N–H and O–H groups in total. The second kappa shape index (κ2) is 9.30. The van der Waals surface area contributed by atoms with E-state index in [1.807, 2.05) is 13.8 Å². The van der Waals surface area contributed by atoms with Gasteiger partial charge in [-0.1, -0.05) is 56.6 Å². The summed E-state index contributed by atoms with van der Waals surface area (Å²) >= 11 is 0. The highest BCUT2D eigenvalue weighted by Gasteiger charge is 2.50. The van der Waals surface area contributed by atoms with Crippen LogP contribution >= 0.6 is 0 Å². The third kappa shape index (κ3) is 5.29. The Labute approximate surface area is 184 Å². The van der Waals surface area contributed by atoms with E-state index in [1.54, 1.807) is 5.57 Å². The molecule has 3 fully saturated rings. The summed E-state index contributed by atoms with van der Waals surface area (Å²) in [6.45, 7) is 12.6. The predicted octanol–water partition coefficient (Wildman–Crippen LogP) is 5.70. The predicted molar refractivity (Wildman–Crippen MR) is 124 cm³/mol. The molecule has 2 unspecified atom stereocenters. The Hall–Kier alpha value is -0.900. The van der Waals surface area contributed by atoms with Crippen molar-refractivity contribution in [3.05, 3.63) is 35.5 Å². The molecule has 3 saturated carbocycles. The van der Waals surface area contributed by atoms with Gasteiger partial charge in [0.15, 0.2) is 0 Å². The SMILES string of the molecule is C=C1C(O)C/C(=C\C=C2/CCC[C@@]3(C)C2CC[C@@H]3[C@@H](C)CCCC(C)(C)O)C[C@H]1O. The lowest BCUT2D eigenvalue weighted by atomic mass is 9.60. The van der Waals surface area contributed by atoms with Crippen molar-refractivity contribution >= 4 is 0 Å². The first-order chi connectivity index (χ1) is 14.0. The maximum atomic E-state index is 10.1. The Bertz CT molecular complexity index is 667. The number of allylic oxidation sites excluding steroid dienone is 3. The van der Waals surface area contributed by atoms with Crippen LogP contribution in [-0.4, -0.2) is 33.1 Å². The van der Waals surface area contributed by atoms with Crippen molar-refractivity contribution < 1.29 is 15.3 Å². The molecule has 3 nitrogen and oxygen atoms in total. The third-order valence-electron chi connectivity index (χ3n) is 8.47. The normalized spacial score (nSPS) is 38.8. The van der Waals surface area contributed by atoms with Crippen molar-refractivity contribution in [1.82, 2.24) is 0 Å². The molecule has 0 aromatic carbocycles. The maximum Gasteiger partial charge on any atom is 0.0809 e. The molecule has 3 rings (SSSR count). The van der Waals surface area contributed by atoms with Gasteiger partial charge in [0, 0.05) is 0 Å². The van der Waals surface area contributed by atoms with Crippen molar-refractivity contribution in [3.63, 3.8) is 0 Å². The van der Waals surface area contributed by atoms with E-state index in [9.17, 15) is 15.3 Å². The zero-order valence-corrected chi connectivity index (χ0v) is 19.7. The maximum absolute atomic E-state index is 10.1.